The molecule has 2 rings (SSSR count). The minimum absolute atomic E-state index is 0.246. The molecule has 92 valence electrons. The molecule has 0 radical (unpaired) electrons. The van der Waals surface area contributed by atoms with E-state index in [9.17, 15) is 4.39 Å². The van der Waals surface area contributed by atoms with Crippen LogP contribution in [0, 0.1) is 5.82 Å². The molecular formula is C13H17FN2S. The number of piperidine rings is 1. The molecule has 1 aliphatic heterocycles. The minimum Gasteiger partial charge on any atom is -0.346 e. The molecule has 0 saturated carbocycles. The van der Waals surface area contributed by atoms with Crippen LogP contribution in [-0.4, -0.2) is 22.6 Å². The molecule has 1 aromatic carbocycles. The standard InChI is InChI=1S/C13H17FN2S/c1-10-5-2-3-8-16(10)13(17)15-12-7-4-6-11(14)9-12/h4,6-7,9-10H,2-3,5,8H2,1H3,(H,15,17)/t10-/m0/s1. The molecule has 1 aromatic rings. The van der Waals surface area contributed by atoms with Crippen LogP contribution in [0.15, 0.2) is 24.3 Å². The highest BCUT2D eigenvalue weighted by atomic mass is 32.1. The number of rotatable bonds is 1. The number of halogens is 1. The van der Waals surface area contributed by atoms with Gasteiger partial charge in [0.1, 0.15) is 5.82 Å². The van der Waals surface area contributed by atoms with Crippen molar-refractivity contribution in [3.63, 3.8) is 0 Å². The van der Waals surface area contributed by atoms with Crippen molar-refractivity contribution >= 4 is 23.0 Å². The molecular weight excluding hydrogens is 235 g/mol. The topological polar surface area (TPSA) is 15.3 Å². The largest absolute Gasteiger partial charge is 0.346 e. The summed E-state index contributed by atoms with van der Waals surface area (Å²) >= 11 is 5.37. The van der Waals surface area contributed by atoms with Crippen molar-refractivity contribution in [1.82, 2.24) is 4.90 Å². The second kappa shape index (κ2) is 5.45. The third-order valence-corrected chi connectivity index (χ3v) is 3.48. The van der Waals surface area contributed by atoms with Gasteiger partial charge in [0, 0.05) is 18.3 Å². The third-order valence-electron chi connectivity index (χ3n) is 3.14. The van der Waals surface area contributed by atoms with Gasteiger partial charge in [0.15, 0.2) is 5.11 Å². The van der Waals surface area contributed by atoms with Crippen LogP contribution in [-0.2, 0) is 0 Å². The lowest BCUT2D eigenvalue weighted by molar-refractivity contribution is 0.262. The molecule has 1 N–H and O–H groups in total. The third kappa shape index (κ3) is 3.16. The SMILES string of the molecule is C[C@H]1CCCCN1C(=S)Nc1cccc(F)c1. The molecule has 0 aromatic heterocycles. The van der Waals surface area contributed by atoms with E-state index in [4.69, 9.17) is 12.2 Å². The normalized spacial score (nSPS) is 20.1. The Labute approximate surface area is 107 Å². The summed E-state index contributed by atoms with van der Waals surface area (Å²) in [4.78, 5) is 2.18. The first-order valence-corrected chi connectivity index (χ1v) is 6.41. The minimum atomic E-state index is -0.246. The van der Waals surface area contributed by atoms with E-state index < -0.39 is 0 Å². The Kier molecular flexibility index (Phi) is 3.94. The van der Waals surface area contributed by atoms with Crippen LogP contribution in [0.3, 0.4) is 0 Å². The lowest BCUT2D eigenvalue weighted by Crippen LogP contribution is -2.44. The number of anilines is 1. The summed E-state index contributed by atoms with van der Waals surface area (Å²) in [6.07, 6.45) is 3.61. The molecule has 1 atom stereocenters. The maximum Gasteiger partial charge on any atom is 0.173 e. The van der Waals surface area contributed by atoms with Crippen LogP contribution >= 0.6 is 12.2 Å². The van der Waals surface area contributed by atoms with E-state index in [2.05, 4.69) is 17.1 Å². The van der Waals surface area contributed by atoms with E-state index in [0.717, 1.165) is 6.54 Å². The molecule has 0 amide bonds. The van der Waals surface area contributed by atoms with Crippen LogP contribution in [0.4, 0.5) is 10.1 Å². The summed E-state index contributed by atoms with van der Waals surface area (Å²) in [5.74, 6) is -0.246. The number of nitrogens with zero attached hydrogens (tertiary/aromatic N) is 1. The fourth-order valence-electron chi connectivity index (χ4n) is 2.16. The van der Waals surface area contributed by atoms with Crippen molar-refractivity contribution in [2.45, 2.75) is 32.2 Å². The molecule has 17 heavy (non-hydrogen) atoms. The van der Waals surface area contributed by atoms with Gasteiger partial charge < -0.3 is 10.2 Å². The van der Waals surface area contributed by atoms with Crippen LogP contribution in [0.2, 0.25) is 0 Å². The Bertz CT molecular complexity index is 408. The van der Waals surface area contributed by atoms with Gasteiger partial charge in [-0.05, 0) is 56.6 Å². The lowest BCUT2D eigenvalue weighted by atomic mass is 10.0. The van der Waals surface area contributed by atoms with Gasteiger partial charge >= 0.3 is 0 Å². The zero-order chi connectivity index (χ0) is 12.3. The van der Waals surface area contributed by atoms with Crippen LogP contribution in [0.5, 0.6) is 0 Å². The van der Waals surface area contributed by atoms with Gasteiger partial charge in [-0.2, -0.15) is 0 Å². The van der Waals surface area contributed by atoms with Gasteiger partial charge in [0.25, 0.3) is 0 Å². The highest BCUT2D eigenvalue weighted by molar-refractivity contribution is 7.80. The molecule has 0 unspecified atom stereocenters. The molecule has 0 spiro atoms. The van der Waals surface area contributed by atoms with Crippen LogP contribution in [0.25, 0.3) is 0 Å². The molecule has 1 saturated heterocycles. The highest BCUT2D eigenvalue weighted by Gasteiger charge is 2.20. The summed E-state index contributed by atoms with van der Waals surface area (Å²) in [5, 5.41) is 3.80. The van der Waals surface area contributed by atoms with Gasteiger partial charge in [0.2, 0.25) is 0 Å². The van der Waals surface area contributed by atoms with E-state index in [0.29, 0.717) is 16.8 Å². The van der Waals surface area contributed by atoms with Gasteiger partial charge in [0.05, 0.1) is 0 Å². The average molecular weight is 252 g/mol. The van der Waals surface area contributed by atoms with E-state index in [-0.39, 0.29) is 5.82 Å². The Balaban J connectivity index is 2.01. The van der Waals surface area contributed by atoms with E-state index in [1.165, 1.54) is 31.4 Å². The van der Waals surface area contributed by atoms with Gasteiger partial charge in [-0.25, -0.2) is 4.39 Å². The van der Waals surface area contributed by atoms with Crippen molar-refractivity contribution in [2.24, 2.45) is 0 Å². The van der Waals surface area contributed by atoms with Crippen molar-refractivity contribution < 1.29 is 4.39 Å². The summed E-state index contributed by atoms with van der Waals surface area (Å²) in [6.45, 7) is 3.17. The summed E-state index contributed by atoms with van der Waals surface area (Å²) in [5.41, 5.74) is 0.716. The lowest BCUT2D eigenvalue weighted by Gasteiger charge is -2.35. The number of benzene rings is 1. The maximum atomic E-state index is 13.0. The molecule has 1 heterocycles. The Morgan fingerprint density at radius 3 is 3.00 bits per heavy atom. The first-order valence-electron chi connectivity index (χ1n) is 6.00. The van der Waals surface area contributed by atoms with Crippen LogP contribution in [0.1, 0.15) is 26.2 Å². The number of nitrogens with one attached hydrogen (secondary N) is 1. The van der Waals surface area contributed by atoms with Crippen LogP contribution < -0.4 is 5.32 Å². The van der Waals surface area contributed by atoms with Crippen molar-refractivity contribution in [3.8, 4) is 0 Å². The predicted octanol–water partition coefficient (Wildman–Crippen LogP) is 3.40. The number of hydrogen-bond donors (Lipinski definition) is 1. The van der Waals surface area contributed by atoms with Gasteiger partial charge in [-0.3, -0.25) is 0 Å². The number of likely N-dealkylation sites (tertiary alicyclic amines) is 1. The van der Waals surface area contributed by atoms with E-state index in [1.807, 2.05) is 6.07 Å². The quantitative estimate of drug-likeness (QED) is 0.771. The molecule has 4 heteroatoms. The van der Waals surface area contributed by atoms with Gasteiger partial charge in [-0.15, -0.1) is 0 Å². The Hall–Kier alpha value is -1.16. The fourth-order valence-corrected chi connectivity index (χ4v) is 2.55. The summed E-state index contributed by atoms with van der Waals surface area (Å²) in [6, 6.07) is 6.86. The van der Waals surface area contributed by atoms with Crippen molar-refractivity contribution in [3.05, 3.63) is 30.1 Å². The second-order valence-corrected chi connectivity index (χ2v) is 4.87. The molecule has 1 fully saturated rings. The summed E-state index contributed by atoms with van der Waals surface area (Å²) in [7, 11) is 0. The van der Waals surface area contributed by atoms with E-state index >= 15 is 0 Å². The summed E-state index contributed by atoms with van der Waals surface area (Å²) < 4.78 is 13.0. The number of thiocarbonyl (C=S) groups is 1. The Morgan fingerprint density at radius 1 is 1.47 bits per heavy atom. The predicted molar refractivity (Wildman–Crippen MR) is 72.6 cm³/mol. The molecule has 2 nitrogen and oxygen atoms in total. The Morgan fingerprint density at radius 2 is 2.29 bits per heavy atom. The maximum absolute atomic E-state index is 13.0. The first kappa shape index (κ1) is 12.3. The zero-order valence-corrected chi connectivity index (χ0v) is 10.8. The monoisotopic (exact) mass is 252 g/mol. The van der Waals surface area contributed by atoms with Gasteiger partial charge in [-0.1, -0.05) is 6.07 Å². The van der Waals surface area contributed by atoms with Crippen molar-refractivity contribution in [2.75, 3.05) is 11.9 Å². The molecule has 1 aliphatic rings. The molecule has 0 bridgehead atoms. The first-order chi connectivity index (χ1) is 8.16. The molecule has 0 aliphatic carbocycles. The smallest absolute Gasteiger partial charge is 0.173 e. The average Bonchev–Trinajstić information content (AvgIpc) is 2.29. The number of hydrogen-bond acceptors (Lipinski definition) is 1. The second-order valence-electron chi connectivity index (χ2n) is 4.48. The fraction of sp³-hybridized carbons (Fsp3) is 0.462. The van der Waals surface area contributed by atoms with E-state index in [1.54, 1.807) is 6.07 Å². The van der Waals surface area contributed by atoms with Crippen molar-refractivity contribution in [1.29, 1.82) is 0 Å². The highest BCUT2D eigenvalue weighted by Crippen LogP contribution is 2.18. The zero-order valence-electron chi connectivity index (χ0n) is 9.95.